The molecule has 1 aliphatic heterocycles. The molecule has 0 radical (unpaired) electrons. The number of primary amides is 1. The SMILES string of the molecule is NC(=O)C(NC(=O)CCCCC1CCSS1)c1ccccc1. The zero-order valence-corrected chi connectivity index (χ0v) is 14.1. The van der Waals surface area contributed by atoms with E-state index in [-0.39, 0.29) is 5.91 Å². The number of rotatable bonds is 8. The summed E-state index contributed by atoms with van der Waals surface area (Å²) in [5, 5.41) is 3.48. The van der Waals surface area contributed by atoms with Crippen LogP contribution in [0.25, 0.3) is 0 Å². The maximum atomic E-state index is 12.0. The molecule has 1 aromatic rings. The third-order valence-electron chi connectivity index (χ3n) is 3.63. The first-order chi connectivity index (χ1) is 10.7. The number of benzene rings is 1. The van der Waals surface area contributed by atoms with Gasteiger partial charge in [-0.1, -0.05) is 58.3 Å². The Morgan fingerprint density at radius 1 is 1.27 bits per heavy atom. The summed E-state index contributed by atoms with van der Waals surface area (Å²) >= 11 is 0. The fraction of sp³-hybridized carbons (Fsp3) is 0.500. The van der Waals surface area contributed by atoms with Crippen LogP contribution in [0.5, 0.6) is 0 Å². The summed E-state index contributed by atoms with van der Waals surface area (Å²) in [5.41, 5.74) is 6.12. The van der Waals surface area contributed by atoms with E-state index >= 15 is 0 Å². The number of amides is 2. The van der Waals surface area contributed by atoms with E-state index in [1.165, 1.54) is 18.6 Å². The Morgan fingerprint density at radius 2 is 2.05 bits per heavy atom. The summed E-state index contributed by atoms with van der Waals surface area (Å²) in [5.74, 6) is 0.604. The molecule has 1 heterocycles. The van der Waals surface area contributed by atoms with Gasteiger partial charge in [-0.25, -0.2) is 0 Å². The first-order valence-electron chi connectivity index (χ1n) is 7.58. The molecule has 1 aromatic carbocycles. The van der Waals surface area contributed by atoms with Gasteiger partial charge in [-0.05, 0) is 24.8 Å². The van der Waals surface area contributed by atoms with Crippen molar-refractivity contribution in [2.45, 2.75) is 43.4 Å². The lowest BCUT2D eigenvalue weighted by molar-refractivity contribution is -0.127. The van der Waals surface area contributed by atoms with Gasteiger partial charge >= 0.3 is 0 Å². The second-order valence-corrected chi connectivity index (χ2v) is 8.18. The lowest BCUT2D eigenvalue weighted by Crippen LogP contribution is -2.37. The monoisotopic (exact) mass is 338 g/mol. The number of hydrogen-bond acceptors (Lipinski definition) is 4. The van der Waals surface area contributed by atoms with Crippen molar-refractivity contribution in [3.63, 3.8) is 0 Å². The van der Waals surface area contributed by atoms with Gasteiger partial charge in [0, 0.05) is 17.4 Å². The van der Waals surface area contributed by atoms with E-state index in [2.05, 4.69) is 5.32 Å². The maximum absolute atomic E-state index is 12.0. The molecule has 2 amide bonds. The number of nitrogens with one attached hydrogen (secondary N) is 1. The predicted octanol–water partition coefficient (Wildman–Crippen LogP) is 3.04. The minimum absolute atomic E-state index is 0.110. The standard InChI is InChI=1S/C16H22N2O2S2/c17-16(20)15(12-6-2-1-3-7-12)18-14(19)9-5-4-8-13-10-11-21-22-13/h1-3,6-7,13,15H,4-5,8-11H2,(H2,17,20)(H,18,19). The van der Waals surface area contributed by atoms with Crippen molar-refractivity contribution in [3.8, 4) is 0 Å². The van der Waals surface area contributed by atoms with E-state index in [1.807, 2.05) is 39.8 Å². The largest absolute Gasteiger partial charge is 0.368 e. The van der Waals surface area contributed by atoms with Crippen LogP contribution in [0.15, 0.2) is 30.3 Å². The van der Waals surface area contributed by atoms with E-state index in [1.54, 1.807) is 12.1 Å². The smallest absolute Gasteiger partial charge is 0.244 e. The van der Waals surface area contributed by atoms with Crippen molar-refractivity contribution in [1.29, 1.82) is 0 Å². The number of hydrogen-bond donors (Lipinski definition) is 2. The van der Waals surface area contributed by atoms with Crippen LogP contribution in [-0.2, 0) is 9.59 Å². The third-order valence-corrected chi connectivity index (χ3v) is 6.64. The van der Waals surface area contributed by atoms with Crippen LogP contribution in [0, 0.1) is 0 Å². The van der Waals surface area contributed by atoms with Crippen LogP contribution < -0.4 is 11.1 Å². The Hall–Kier alpha value is -1.14. The Balaban J connectivity index is 1.73. The zero-order valence-electron chi connectivity index (χ0n) is 12.5. The van der Waals surface area contributed by atoms with Gasteiger partial charge in [0.25, 0.3) is 0 Å². The summed E-state index contributed by atoms with van der Waals surface area (Å²) < 4.78 is 0. The summed E-state index contributed by atoms with van der Waals surface area (Å²) in [6, 6.07) is 8.37. The number of carbonyl (C=O) groups excluding carboxylic acids is 2. The van der Waals surface area contributed by atoms with Gasteiger partial charge in [-0.2, -0.15) is 0 Å². The molecule has 120 valence electrons. The van der Waals surface area contributed by atoms with E-state index < -0.39 is 11.9 Å². The van der Waals surface area contributed by atoms with E-state index in [9.17, 15) is 9.59 Å². The highest BCUT2D eigenvalue weighted by Gasteiger charge is 2.20. The van der Waals surface area contributed by atoms with Crippen LogP contribution in [0.3, 0.4) is 0 Å². The molecule has 0 aromatic heterocycles. The van der Waals surface area contributed by atoms with Crippen molar-refractivity contribution in [1.82, 2.24) is 5.32 Å². The van der Waals surface area contributed by atoms with Gasteiger partial charge in [0.05, 0.1) is 0 Å². The highest BCUT2D eigenvalue weighted by Crippen LogP contribution is 2.39. The van der Waals surface area contributed by atoms with Gasteiger partial charge in [0.1, 0.15) is 6.04 Å². The number of carbonyl (C=O) groups is 2. The quantitative estimate of drug-likeness (QED) is 0.564. The lowest BCUT2D eigenvalue weighted by Gasteiger charge is -2.16. The van der Waals surface area contributed by atoms with E-state index in [0.717, 1.165) is 23.7 Å². The van der Waals surface area contributed by atoms with Crippen LogP contribution in [-0.4, -0.2) is 22.8 Å². The van der Waals surface area contributed by atoms with Crippen molar-refractivity contribution in [2.24, 2.45) is 5.73 Å². The minimum Gasteiger partial charge on any atom is -0.368 e. The molecule has 1 saturated heterocycles. The van der Waals surface area contributed by atoms with Crippen molar-refractivity contribution in [3.05, 3.63) is 35.9 Å². The Labute approximate surface area is 139 Å². The molecule has 0 saturated carbocycles. The molecule has 1 aliphatic rings. The summed E-state index contributed by atoms with van der Waals surface area (Å²) in [7, 11) is 3.91. The molecule has 3 N–H and O–H groups in total. The number of nitrogens with two attached hydrogens (primary N) is 1. The molecule has 2 rings (SSSR count). The van der Waals surface area contributed by atoms with E-state index in [4.69, 9.17) is 5.73 Å². The first kappa shape index (κ1) is 17.2. The van der Waals surface area contributed by atoms with Crippen LogP contribution in [0.1, 0.15) is 43.7 Å². The zero-order chi connectivity index (χ0) is 15.8. The second kappa shape index (κ2) is 9.10. The summed E-state index contributed by atoms with van der Waals surface area (Å²) in [6.07, 6.45) is 4.80. The minimum atomic E-state index is -0.740. The molecule has 6 heteroatoms. The van der Waals surface area contributed by atoms with Gasteiger partial charge < -0.3 is 11.1 Å². The van der Waals surface area contributed by atoms with Crippen LogP contribution >= 0.6 is 21.6 Å². The summed E-state index contributed by atoms with van der Waals surface area (Å²) in [6.45, 7) is 0. The van der Waals surface area contributed by atoms with Gasteiger partial charge in [-0.15, -0.1) is 0 Å². The molecule has 2 unspecified atom stereocenters. The van der Waals surface area contributed by atoms with Gasteiger partial charge in [-0.3, -0.25) is 9.59 Å². The molecule has 0 bridgehead atoms. The molecular weight excluding hydrogens is 316 g/mol. The fourth-order valence-corrected chi connectivity index (χ4v) is 5.45. The topological polar surface area (TPSA) is 72.2 Å². The third kappa shape index (κ3) is 5.57. The maximum Gasteiger partial charge on any atom is 0.244 e. The van der Waals surface area contributed by atoms with E-state index in [0.29, 0.717) is 6.42 Å². The normalized spacial score (nSPS) is 18.8. The molecule has 0 aliphatic carbocycles. The van der Waals surface area contributed by atoms with Crippen molar-refractivity contribution in [2.75, 3.05) is 5.75 Å². The molecule has 4 nitrogen and oxygen atoms in total. The lowest BCUT2D eigenvalue weighted by atomic mass is 10.1. The highest BCUT2D eigenvalue weighted by atomic mass is 33.1. The van der Waals surface area contributed by atoms with Gasteiger partial charge in [0.2, 0.25) is 11.8 Å². The highest BCUT2D eigenvalue weighted by molar-refractivity contribution is 8.77. The van der Waals surface area contributed by atoms with Gasteiger partial charge in [0.15, 0.2) is 0 Å². The number of unbranched alkanes of at least 4 members (excludes halogenated alkanes) is 1. The van der Waals surface area contributed by atoms with Crippen LogP contribution in [0.2, 0.25) is 0 Å². The Kier molecular flexibility index (Phi) is 7.12. The Bertz CT molecular complexity index is 490. The molecular formula is C16H22N2O2S2. The van der Waals surface area contributed by atoms with Crippen LogP contribution in [0.4, 0.5) is 0 Å². The summed E-state index contributed by atoms with van der Waals surface area (Å²) in [4.78, 5) is 23.5. The predicted molar refractivity (Wildman–Crippen MR) is 93.4 cm³/mol. The average Bonchev–Trinajstić information content (AvgIpc) is 3.03. The average molecular weight is 338 g/mol. The van der Waals surface area contributed by atoms with Crippen molar-refractivity contribution < 1.29 is 9.59 Å². The fourth-order valence-electron chi connectivity index (χ4n) is 2.42. The molecule has 1 fully saturated rings. The van der Waals surface area contributed by atoms with Crippen molar-refractivity contribution >= 4 is 33.4 Å². The Morgan fingerprint density at radius 3 is 2.68 bits per heavy atom. The molecule has 22 heavy (non-hydrogen) atoms. The first-order valence-corrected chi connectivity index (χ1v) is 9.97. The molecule has 2 atom stereocenters. The molecule has 0 spiro atoms. The second-order valence-electron chi connectivity index (χ2n) is 5.39.